The number of carbonyl (C=O) groups is 1. The van der Waals surface area contributed by atoms with Gasteiger partial charge in [0.2, 0.25) is 0 Å². The molecule has 5 nitrogen and oxygen atoms in total. The smallest absolute Gasteiger partial charge is 0.329 e. The minimum atomic E-state index is -0.520. The van der Waals surface area contributed by atoms with Crippen molar-refractivity contribution in [3.8, 4) is 0 Å². The van der Waals surface area contributed by atoms with Crippen LogP contribution in [-0.2, 0) is 9.53 Å². The third-order valence-electron chi connectivity index (χ3n) is 7.41. The predicted molar refractivity (Wildman–Crippen MR) is 148 cm³/mol. The molecule has 0 aromatic heterocycles. The third kappa shape index (κ3) is 6.25. The van der Waals surface area contributed by atoms with Crippen LogP contribution >= 0.6 is 0 Å². The molecule has 35 heavy (non-hydrogen) atoms. The highest BCUT2D eigenvalue weighted by atomic mass is 16.5. The number of esters is 1. The number of ether oxygens (including phenoxy) is 1. The highest BCUT2D eigenvalue weighted by Gasteiger charge is 2.36. The number of aliphatic imine (C=N–C) groups is 1. The van der Waals surface area contributed by atoms with E-state index in [0.717, 1.165) is 41.2 Å². The van der Waals surface area contributed by atoms with E-state index < -0.39 is 6.04 Å². The maximum atomic E-state index is 13.7. The lowest BCUT2D eigenvalue weighted by Crippen LogP contribution is -2.47. The summed E-state index contributed by atoms with van der Waals surface area (Å²) >= 11 is 0. The lowest BCUT2D eigenvalue weighted by atomic mass is 9.75. The van der Waals surface area contributed by atoms with Gasteiger partial charge >= 0.3 is 5.97 Å². The maximum absolute atomic E-state index is 13.7. The molecule has 0 spiro atoms. The summed E-state index contributed by atoms with van der Waals surface area (Å²) in [6.07, 6.45) is 3.23. The van der Waals surface area contributed by atoms with E-state index in [-0.39, 0.29) is 12.1 Å². The highest BCUT2D eigenvalue weighted by molar-refractivity contribution is 6.13. The molecule has 0 radical (unpaired) electrons. The van der Waals surface area contributed by atoms with Gasteiger partial charge in [0.05, 0.1) is 0 Å². The molecule has 1 saturated carbocycles. The zero-order chi connectivity index (χ0) is 25.7. The van der Waals surface area contributed by atoms with Crippen LogP contribution in [-0.4, -0.2) is 45.1 Å². The van der Waals surface area contributed by atoms with Crippen LogP contribution in [0, 0.1) is 24.7 Å². The first-order chi connectivity index (χ1) is 16.6. The monoisotopic (exact) mass is 477 g/mol. The molecule has 3 rings (SSSR count). The van der Waals surface area contributed by atoms with Crippen LogP contribution in [0.5, 0.6) is 0 Å². The molecule has 2 aromatic carbocycles. The Balaban J connectivity index is 1.96. The molecular formula is C30H43N3O2. The minimum Gasteiger partial charge on any atom is -0.461 e. The van der Waals surface area contributed by atoms with Crippen molar-refractivity contribution in [1.29, 1.82) is 0 Å². The van der Waals surface area contributed by atoms with Crippen LogP contribution in [0.1, 0.15) is 58.1 Å². The predicted octanol–water partition coefficient (Wildman–Crippen LogP) is 6.34. The number of amidine groups is 1. The Hall–Kier alpha value is -2.82. The fourth-order valence-corrected chi connectivity index (χ4v) is 5.23. The first-order valence-electron chi connectivity index (χ1n) is 12.9. The van der Waals surface area contributed by atoms with E-state index >= 15 is 0 Å². The number of nitrogens with zero attached hydrogens (tertiary/aromatic N) is 3. The summed E-state index contributed by atoms with van der Waals surface area (Å²) < 4.78 is 6.28. The number of anilines is 2. The Morgan fingerprint density at radius 2 is 1.69 bits per heavy atom. The Bertz CT molecular complexity index is 1010. The van der Waals surface area contributed by atoms with Crippen LogP contribution in [0.4, 0.5) is 11.4 Å². The maximum Gasteiger partial charge on any atom is 0.329 e. The molecule has 0 amide bonds. The lowest BCUT2D eigenvalue weighted by molar-refractivity contribution is -0.156. The quantitative estimate of drug-likeness (QED) is 0.265. The van der Waals surface area contributed by atoms with Crippen LogP contribution in [0.25, 0.3) is 0 Å². The first kappa shape index (κ1) is 26.8. The fourth-order valence-electron chi connectivity index (χ4n) is 5.23. The Morgan fingerprint density at radius 1 is 1.03 bits per heavy atom. The molecule has 190 valence electrons. The van der Waals surface area contributed by atoms with Crippen molar-refractivity contribution in [2.24, 2.45) is 22.7 Å². The van der Waals surface area contributed by atoms with E-state index in [1.165, 1.54) is 6.42 Å². The van der Waals surface area contributed by atoms with Crippen molar-refractivity contribution in [3.63, 3.8) is 0 Å². The molecule has 1 aliphatic carbocycles. The second-order valence-corrected chi connectivity index (χ2v) is 10.6. The van der Waals surface area contributed by atoms with Crippen molar-refractivity contribution >= 4 is 23.2 Å². The molecule has 5 heteroatoms. The van der Waals surface area contributed by atoms with Gasteiger partial charge in [0.25, 0.3) is 0 Å². The number of carbonyl (C=O) groups excluding carboxylic acids is 1. The topological polar surface area (TPSA) is 45.1 Å². The normalized spacial score (nSPS) is 21.5. The molecule has 0 heterocycles. The molecule has 1 aliphatic rings. The van der Waals surface area contributed by atoms with Crippen LogP contribution in [0.3, 0.4) is 0 Å². The summed E-state index contributed by atoms with van der Waals surface area (Å²) in [6, 6.07) is 15.9. The SMILES string of the molecule is CN=C(c1ccc(N(C)C)cc1)N(c1ccccc1C)[C@H](C)C(=O)O[C@@H]1C[C@H](C)CC[C@H]1C(C)C. The van der Waals surface area contributed by atoms with Gasteiger partial charge in [-0.1, -0.05) is 45.4 Å². The van der Waals surface area contributed by atoms with Gasteiger partial charge in [-0.05, 0) is 80.3 Å². The first-order valence-corrected chi connectivity index (χ1v) is 12.9. The number of hydrogen-bond donors (Lipinski definition) is 0. The summed E-state index contributed by atoms with van der Waals surface area (Å²) in [4.78, 5) is 22.5. The third-order valence-corrected chi connectivity index (χ3v) is 7.41. The van der Waals surface area contributed by atoms with Gasteiger partial charge in [0.15, 0.2) is 0 Å². The van der Waals surface area contributed by atoms with Gasteiger partial charge in [-0.15, -0.1) is 0 Å². The summed E-state index contributed by atoms with van der Waals surface area (Å²) in [5.41, 5.74) is 4.13. The largest absolute Gasteiger partial charge is 0.461 e. The zero-order valence-electron chi connectivity index (χ0n) is 22.8. The van der Waals surface area contributed by atoms with E-state index in [1.807, 2.05) is 38.1 Å². The second-order valence-electron chi connectivity index (χ2n) is 10.6. The fraction of sp³-hybridized carbons (Fsp3) is 0.533. The molecular weight excluding hydrogens is 434 g/mol. The number of aryl methyl sites for hydroxylation is 1. The molecule has 0 saturated heterocycles. The van der Waals surface area contributed by atoms with Crippen molar-refractivity contribution in [2.45, 2.75) is 66.0 Å². The van der Waals surface area contributed by atoms with Crippen molar-refractivity contribution in [1.82, 2.24) is 0 Å². The Labute approximate surface area is 212 Å². The van der Waals surface area contributed by atoms with Crippen LogP contribution < -0.4 is 9.80 Å². The van der Waals surface area contributed by atoms with E-state index in [4.69, 9.17) is 4.74 Å². The number of para-hydroxylation sites is 1. The van der Waals surface area contributed by atoms with Crippen LogP contribution in [0.2, 0.25) is 0 Å². The molecule has 0 bridgehead atoms. The molecule has 2 aromatic rings. The average molecular weight is 478 g/mol. The van der Waals surface area contributed by atoms with E-state index in [9.17, 15) is 4.79 Å². The summed E-state index contributed by atoms with van der Waals surface area (Å²) in [6.45, 7) is 10.7. The standard InChI is InChI=1S/C30H43N3O2/c1-20(2)26-18-13-21(3)19-28(26)35-30(34)23(5)33(27-12-10-9-11-22(27)4)29(31-6)24-14-16-25(17-15-24)32(7)8/h9-12,14-17,20-21,23,26,28H,13,18-19H2,1-8H3/t21-,23-,26+,28-/m1/s1. The van der Waals surface area contributed by atoms with Gasteiger partial charge < -0.3 is 14.5 Å². The second kappa shape index (κ2) is 11.7. The summed E-state index contributed by atoms with van der Waals surface area (Å²) in [5.74, 6) is 2.04. The van der Waals surface area contributed by atoms with Gasteiger partial charge in [0, 0.05) is 38.1 Å². The minimum absolute atomic E-state index is 0.0335. The van der Waals surface area contributed by atoms with E-state index in [0.29, 0.717) is 17.8 Å². The number of benzene rings is 2. The average Bonchev–Trinajstić information content (AvgIpc) is 2.82. The van der Waals surface area contributed by atoms with E-state index in [1.54, 1.807) is 7.05 Å². The van der Waals surface area contributed by atoms with Gasteiger partial charge in [-0.2, -0.15) is 0 Å². The van der Waals surface area contributed by atoms with Crippen molar-refractivity contribution < 1.29 is 9.53 Å². The summed E-state index contributed by atoms with van der Waals surface area (Å²) in [5, 5.41) is 0. The Morgan fingerprint density at radius 3 is 2.26 bits per heavy atom. The van der Waals surface area contributed by atoms with Crippen LogP contribution in [0.15, 0.2) is 53.5 Å². The van der Waals surface area contributed by atoms with Crippen molar-refractivity contribution in [3.05, 3.63) is 59.7 Å². The lowest BCUT2D eigenvalue weighted by Gasteiger charge is -2.38. The zero-order valence-corrected chi connectivity index (χ0v) is 22.8. The molecule has 0 N–H and O–H groups in total. The molecule has 0 aliphatic heterocycles. The van der Waals surface area contributed by atoms with Gasteiger partial charge in [-0.3, -0.25) is 4.99 Å². The summed E-state index contributed by atoms with van der Waals surface area (Å²) in [7, 11) is 5.84. The number of hydrogen-bond acceptors (Lipinski definition) is 4. The molecule has 0 unspecified atom stereocenters. The number of rotatable bonds is 7. The molecule has 4 atom stereocenters. The van der Waals surface area contributed by atoms with Gasteiger partial charge in [0.1, 0.15) is 18.0 Å². The molecule has 1 fully saturated rings. The van der Waals surface area contributed by atoms with E-state index in [2.05, 4.69) is 74.0 Å². The van der Waals surface area contributed by atoms with Gasteiger partial charge in [-0.25, -0.2) is 4.79 Å². The van der Waals surface area contributed by atoms with Crippen molar-refractivity contribution in [2.75, 3.05) is 30.9 Å². The Kier molecular flexibility index (Phi) is 8.98. The highest BCUT2D eigenvalue weighted by Crippen LogP contribution is 2.36.